The Morgan fingerprint density at radius 2 is 1.58 bits per heavy atom. The highest BCUT2D eigenvalue weighted by Gasteiger charge is 2.26. The third-order valence-electron chi connectivity index (χ3n) is 4.37. The zero-order chi connectivity index (χ0) is 17.9. The van der Waals surface area contributed by atoms with E-state index in [9.17, 15) is 9.59 Å². The molecule has 3 heterocycles. The average Bonchev–Trinajstić information content (AvgIpc) is 3.39. The molecule has 0 aliphatic carbocycles. The van der Waals surface area contributed by atoms with Crippen molar-refractivity contribution in [2.45, 2.75) is 0 Å². The van der Waals surface area contributed by atoms with Crippen LogP contribution in [0.1, 0.15) is 20.8 Å². The van der Waals surface area contributed by atoms with Crippen LogP contribution in [0.15, 0.2) is 52.5 Å². The van der Waals surface area contributed by atoms with Gasteiger partial charge in [0.2, 0.25) is 0 Å². The summed E-state index contributed by atoms with van der Waals surface area (Å²) in [4.78, 5) is 33.3. The van der Waals surface area contributed by atoms with E-state index in [2.05, 4.69) is 4.98 Å². The van der Waals surface area contributed by atoms with Gasteiger partial charge in [0.05, 0.1) is 0 Å². The number of piperazine rings is 1. The molecule has 0 saturated carbocycles. The molecule has 2 aromatic heterocycles. The summed E-state index contributed by atoms with van der Waals surface area (Å²) in [6, 6.07) is 11.3. The minimum Gasteiger partial charge on any atom is -0.335 e. The predicted octanol–water partition coefficient (Wildman–Crippen LogP) is 3.47. The monoisotopic (exact) mass is 383 g/mol. The minimum atomic E-state index is -0.0606. The van der Waals surface area contributed by atoms with Crippen LogP contribution in [0.5, 0.6) is 0 Å². The number of hydrogen-bond donors (Lipinski definition) is 0. The van der Waals surface area contributed by atoms with Crippen molar-refractivity contribution in [2.75, 3.05) is 26.2 Å². The number of thiophene rings is 1. The van der Waals surface area contributed by atoms with Gasteiger partial charge in [-0.3, -0.25) is 9.59 Å². The number of carbonyl (C=O) groups excluding carboxylic acids is 2. The Morgan fingerprint density at radius 3 is 2.23 bits per heavy atom. The van der Waals surface area contributed by atoms with Gasteiger partial charge in [-0.15, -0.1) is 11.3 Å². The normalized spacial score (nSPS) is 14.5. The third-order valence-corrected chi connectivity index (χ3v) is 5.94. The van der Waals surface area contributed by atoms with Crippen molar-refractivity contribution in [2.24, 2.45) is 0 Å². The van der Waals surface area contributed by atoms with E-state index < -0.39 is 0 Å². The average molecular weight is 383 g/mol. The quantitative estimate of drug-likeness (QED) is 0.696. The van der Waals surface area contributed by atoms with Crippen LogP contribution in [0, 0.1) is 0 Å². The van der Waals surface area contributed by atoms with E-state index in [0.717, 1.165) is 10.6 Å². The maximum absolute atomic E-state index is 12.7. The molecule has 1 fully saturated rings. The fraction of sp³-hybridized carbons (Fsp3) is 0.211. The van der Waals surface area contributed by atoms with Crippen LogP contribution < -0.4 is 0 Å². The van der Waals surface area contributed by atoms with E-state index in [4.69, 9.17) is 0 Å². The summed E-state index contributed by atoms with van der Waals surface area (Å²) in [6.45, 7) is 2.15. The standard InChI is InChI=1S/C19H17N3O2S2/c23-18(14-4-2-1-3-5-14)21-7-9-22(10-8-21)19(24)16-13-26-17(20-16)15-6-11-25-12-15/h1-6,11-13H,7-10H2. The van der Waals surface area contributed by atoms with Crippen LogP contribution in [0.2, 0.25) is 0 Å². The van der Waals surface area contributed by atoms with Gasteiger partial charge in [0.25, 0.3) is 11.8 Å². The van der Waals surface area contributed by atoms with E-state index in [0.29, 0.717) is 37.4 Å². The lowest BCUT2D eigenvalue weighted by Crippen LogP contribution is -2.50. The summed E-state index contributed by atoms with van der Waals surface area (Å²) in [5.74, 6) is -0.0411. The topological polar surface area (TPSA) is 53.5 Å². The van der Waals surface area contributed by atoms with Gasteiger partial charge in [-0.2, -0.15) is 11.3 Å². The molecule has 2 amide bonds. The van der Waals surface area contributed by atoms with E-state index in [1.54, 1.807) is 21.1 Å². The molecular weight excluding hydrogens is 366 g/mol. The lowest BCUT2D eigenvalue weighted by atomic mass is 10.2. The fourth-order valence-corrected chi connectivity index (χ4v) is 4.43. The van der Waals surface area contributed by atoms with Crippen molar-refractivity contribution in [3.8, 4) is 10.6 Å². The molecule has 0 bridgehead atoms. The molecule has 0 unspecified atom stereocenters. The van der Waals surface area contributed by atoms with Crippen LogP contribution in [0.3, 0.4) is 0 Å². The van der Waals surface area contributed by atoms with Gasteiger partial charge in [0.1, 0.15) is 10.7 Å². The largest absolute Gasteiger partial charge is 0.335 e. The first-order valence-corrected chi connectivity index (χ1v) is 10.2. The van der Waals surface area contributed by atoms with E-state index in [1.807, 2.05) is 52.5 Å². The number of aromatic nitrogens is 1. The first-order valence-electron chi connectivity index (χ1n) is 8.34. The summed E-state index contributed by atoms with van der Waals surface area (Å²) in [6.07, 6.45) is 0. The molecule has 3 aromatic rings. The molecule has 1 aliphatic rings. The van der Waals surface area contributed by atoms with Crippen LogP contribution in [-0.2, 0) is 0 Å². The number of hydrogen-bond acceptors (Lipinski definition) is 5. The Kier molecular flexibility index (Phi) is 4.81. The summed E-state index contributed by atoms with van der Waals surface area (Å²) >= 11 is 3.10. The first-order chi connectivity index (χ1) is 12.7. The molecule has 7 heteroatoms. The second-order valence-electron chi connectivity index (χ2n) is 6.00. The van der Waals surface area contributed by atoms with Gasteiger partial charge in [0, 0.05) is 48.1 Å². The number of nitrogens with zero attached hydrogens (tertiary/aromatic N) is 3. The Labute approximate surface area is 159 Å². The lowest BCUT2D eigenvalue weighted by Gasteiger charge is -2.34. The number of carbonyl (C=O) groups is 2. The van der Waals surface area contributed by atoms with Gasteiger partial charge in [-0.05, 0) is 23.6 Å². The maximum atomic E-state index is 12.7. The Balaban J connectivity index is 1.39. The van der Waals surface area contributed by atoms with E-state index in [1.165, 1.54) is 11.3 Å². The minimum absolute atomic E-state index is 0.0195. The third kappa shape index (κ3) is 3.40. The summed E-state index contributed by atoms with van der Waals surface area (Å²) < 4.78 is 0. The smallest absolute Gasteiger partial charge is 0.273 e. The summed E-state index contributed by atoms with van der Waals surface area (Å²) in [5.41, 5.74) is 2.23. The van der Waals surface area contributed by atoms with E-state index in [-0.39, 0.29) is 11.8 Å². The van der Waals surface area contributed by atoms with Gasteiger partial charge >= 0.3 is 0 Å². The molecule has 5 nitrogen and oxygen atoms in total. The Morgan fingerprint density at radius 1 is 0.885 bits per heavy atom. The highest BCUT2D eigenvalue weighted by molar-refractivity contribution is 7.14. The summed E-state index contributed by atoms with van der Waals surface area (Å²) in [7, 11) is 0. The van der Waals surface area contributed by atoms with Gasteiger partial charge < -0.3 is 9.80 Å². The number of benzene rings is 1. The molecule has 1 aliphatic heterocycles. The SMILES string of the molecule is O=C(c1ccccc1)N1CCN(C(=O)c2csc(-c3ccsc3)n2)CC1. The molecule has 0 N–H and O–H groups in total. The molecule has 0 spiro atoms. The highest BCUT2D eigenvalue weighted by atomic mass is 32.1. The number of thiazole rings is 1. The van der Waals surface area contributed by atoms with Crippen LogP contribution >= 0.6 is 22.7 Å². The molecule has 1 saturated heterocycles. The fourth-order valence-electron chi connectivity index (χ4n) is 2.93. The molecular formula is C19H17N3O2S2. The predicted molar refractivity (Wildman–Crippen MR) is 104 cm³/mol. The van der Waals surface area contributed by atoms with Crippen molar-refractivity contribution < 1.29 is 9.59 Å². The van der Waals surface area contributed by atoms with Crippen molar-refractivity contribution in [3.05, 3.63) is 63.8 Å². The Hall–Kier alpha value is -2.51. The van der Waals surface area contributed by atoms with Crippen LogP contribution in [0.4, 0.5) is 0 Å². The van der Waals surface area contributed by atoms with Crippen LogP contribution in [-0.4, -0.2) is 52.8 Å². The number of rotatable bonds is 3. The lowest BCUT2D eigenvalue weighted by molar-refractivity contribution is 0.0533. The van der Waals surface area contributed by atoms with Crippen LogP contribution in [0.25, 0.3) is 10.6 Å². The second kappa shape index (κ2) is 7.39. The summed E-state index contributed by atoms with van der Waals surface area (Å²) in [5, 5.41) is 6.71. The van der Waals surface area contributed by atoms with Gasteiger partial charge in [-0.25, -0.2) is 4.98 Å². The van der Waals surface area contributed by atoms with Crippen molar-refractivity contribution >= 4 is 34.5 Å². The molecule has 1 aromatic carbocycles. The van der Waals surface area contributed by atoms with Gasteiger partial charge in [0.15, 0.2) is 0 Å². The van der Waals surface area contributed by atoms with Crippen molar-refractivity contribution in [3.63, 3.8) is 0 Å². The second-order valence-corrected chi connectivity index (χ2v) is 7.64. The van der Waals surface area contributed by atoms with Crippen molar-refractivity contribution in [1.82, 2.24) is 14.8 Å². The Bertz CT molecular complexity index is 898. The zero-order valence-corrected chi connectivity index (χ0v) is 15.6. The molecule has 0 radical (unpaired) electrons. The number of amides is 2. The first kappa shape index (κ1) is 16.9. The molecule has 0 atom stereocenters. The maximum Gasteiger partial charge on any atom is 0.273 e. The molecule has 26 heavy (non-hydrogen) atoms. The van der Waals surface area contributed by atoms with Crippen molar-refractivity contribution in [1.29, 1.82) is 0 Å². The molecule has 4 rings (SSSR count). The zero-order valence-electron chi connectivity index (χ0n) is 14.0. The molecule has 132 valence electrons. The van der Waals surface area contributed by atoms with Gasteiger partial charge in [-0.1, -0.05) is 18.2 Å². The van der Waals surface area contributed by atoms with E-state index >= 15 is 0 Å². The highest BCUT2D eigenvalue weighted by Crippen LogP contribution is 2.26.